The number of rotatable bonds is 7. The van der Waals surface area contributed by atoms with Crippen LogP contribution in [0.1, 0.15) is 51.1 Å². The smallest absolute Gasteiger partial charge is 0.230 e. The van der Waals surface area contributed by atoms with E-state index in [1.165, 1.54) is 12.8 Å². The Morgan fingerprint density at radius 1 is 1.24 bits per heavy atom. The van der Waals surface area contributed by atoms with Crippen LogP contribution in [-0.2, 0) is 0 Å². The van der Waals surface area contributed by atoms with E-state index in [1.54, 1.807) is 7.11 Å². The van der Waals surface area contributed by atoms with Crippen LogP contribution in [0.2, 0.25) is 0 Å². The number of methoxy groups -OCH3 is 1. The summed E-state index contributed by atoms with van der Waals surface area (Å²) in [5.74, 6) is 1.61. The molecule has 4 nitrogen and oxygen atoms in total. The first-order chi connectivity index (χ1) is 10.2. The molecule has 2 aromatic rings. The largest absolute Gasteiger partial charge is 0.497 e. The minimum atomic E-state index is 0.392. The number of nitrogens with zero attached hydrogens (tertiary/aromatic N) is 1. The normalized spacial score (nSPS) is 12.3. The topological polar surface area (TPSA) is 61.3 Å². The minimum Gasteiger partial charge on any atom is -0.497 e. The van der Waals surface area contributed by atoms with Crippen molar-refractivity contribution in [1.82, 2.24) is 5.16 Å². The fraction of sp³-hybridized carbons (Fsp3) is 0.471. The van der Waals surface area contributed by atoms with Gasteiger partial charge in [0.2, 0.25) is 5.88 Å². The van der Waals surface area contributed by atoms with E-state index in [1.807, 2.05) is 24.3 Å². The second-order valence-electron chi connectivity index (χ2n) is 5.28. The van der Waals surface area contributed by atoms with Gasteiger partial charge >= 0.3 is 0 Å². The van der Waals surface area contributed by atoms with Gasteiger partial charge in [0.1, 0.15) is 5.75 Å². The summed E-state index contributed by atoms with van der Waals surface area (Å²) in [6, 6.07) is 7.85. The Hall–Kier alpha value is -1.97. The van der Waals surface area contributed by atoms with Crippen LogP contribution in [0.3, 0.4) is 0 Å². The summed E-state index contributed by atoms with van der Waals surface area (Å²) in [5, 5.41) is 4.23. The van der Waals surface area contributed by atoms with Gasteiger partial charge in [-0.15, -0.1) is 0 Å². The summed E-state index contributed by atoms with van der Waals surface area (Å²) in [4.78, 5) is 0. The zero-order chi connectivity index (χ0) is 15.2. The summed E-state index contributed by atoms with van der Waals surface area (Å²) in [6.07, 6.45) is 4.52. The number of anilines is 1. The molecule has 1 aromatic carbocycles. The van der Waals surface area contributed by atoms with Gasteiger partial charge in [-0.05, 0) is 30.5 Å². The zero-order valence-electron chi connectivity index (χ0n) is 13.1. The quantitative estimate of drug-likeness (QED) is 0.807. The predicted molar refractivity (Wildman–Crippen MR) is 85.5 cm³/mol. The monoisotopic (exact) mass is 288 g/mol. The molecule has 0 fully saturated rings. The third-order valence-corrected chi connectivity index (χ3v) is 3.91. The van der Waals surface area contributed by atoms with Crippen molar-refractivity contribution in [2.24, 2.45) is 0 Å². The van der Waals surface area contributed by atoms with Crippen LogP contribution < -0.4 is 10.5 Å². The molecule has 1 unspecified atom stereocenters. The molecule has 114 valence electrons. The Bertz CT molecular complexity index is 561. The predicted octanol–water partition coefficient (Wildman–Crippen LogP) is 4.62. The van der Waals surface area contributed by atoms with E-state index >= 15 is 0 Å². The first-order valence-electron chi connectivity index (χ1n) is 7.60. The van der Waals surface area contributed by atoms with Crippen LogP contribution in [-0.4, -0.2) is 12.3 Å². The molecule has 4 heteroatoms. The summed E-state index contributed by atoms with van der Waals surface area (Å²) >= 11 is 0. The summed E-state index contributed by atoms with van der Waals surface area (Å²) in [6.45, 7) is 4.39. The van der Waals surface area contributed by atoms with Gasteiger partial charge in [-0.25, -0.2) is 0 Å². The van der Waals surface area contributed by atoms with E-state index in [-0.39, 0.29) is 0 Å². The molecule has 0 saturated carbocycles. The maximum Gasteiger partial charge on any atom is 0.230 e. The van der Waals surface area contributed by atoms with Gasteiger partial charge in [-0.3, -0.25) is 0 Å². The third-order valence-electron chi connectivity index (χ3n) is 3.91. The Morgan fingerprint density at radius 2 is 1.95 bits per heavy atom. The maximum atomic E-state index is 6.00. The van der Waals surface area contributed by atoms with E-state index in [0.29, 0.717) is 11.8 Å². The van der Waals surface area contributed by atoms with Crippen LogP contribution in [0.5, 0.6) is 5.75 Å². The highest BCUT2D eigenvalue weighted by Crippen LogP contribution is 2.37. The highest BCUT2D eigenvalue weighted by atomic mass is 16.5. The summed E-state index contributed by atoms with van der Waals surface area (Å²) in [7, 11) is 1.66. The van der Waals surface area contributed by atoms with Crippen LogP contribution >= 0.6 is 0 Å². The molecule has 0 spiro atoms. The Balaban J connectivity index is 2.35. The first-order valence-corrected chi connectivity index (χ1v) is 7.60. The van der Waals surface area contributed by atoms with Crippen LogP contribution in [0.4, 0.5) is 5.88 Å². The van der Waals surface area contributed by atoms with E-state index in [0.717, 1.165) is 35.4 Å². The standard InChI is InChI=1S/C17H24N2O2/c1-4-6-7-12(5-2)16-15(17(18)21-19-16)13-8-10-14(20-3)11-9-13/h8-12H,4-7,18H2,1-3H3. The number of nitrogen functional groups attached to an aromatic ring is 1. The van der Waals surface area contributed by atoms with Gasteiger partial charge in [-0.2, -0.15) is 0 Å². The number of nitrogens with two attached hydrogens (primary N) is 1. The second kappa shape index (κ2) is 7.16. The van der Waals surface area contributed by atoms with Crippen molar-refractivity contribution in [2.75, 3.05) is 12.8 Å². The van der Waals surface area contributed by atoms with Crippen LogP contribution in [0.15, 0.2) is 28.8 Å². The minimum absolute atomic E-state index is 0.392. The fourth-order valence-corrected chi connectivity index (χ4v) is 2.63. The third kappa shape index (κ3) is 3.38. The summed E-state index contributed by atoms with van der Waals surface area (Å²) < 4.78 is 10.5. The van der Waals surface area contributed by atoms with Gasteiger partial charge < -0.3 is 15.0 Å². The first kappa shape index (κ1) is 15.4. The van der Waals surface area contributed by atoms with Gasteiger partial charge in [0, 0.05) is 5.92 Å². The number of benzene rings is 1. The lowest BCUT2D eigenvalue weighted by Gasteiger charge is -2.13. The van der Waals surface area contributed by atoms with Crippen molar-refractivity contribution < 1.29 is 9.26 Å². The van der Waals surface area contributed by atoms with E-state index in [9.17, 15) is 0 Å². The molecule has 0 amide bonds. The average Bonchev–Trinajstić information content (AvgIpc) is 2.90. The lowest BCUT2D eigenvalue weighted by atomic mass is 9.91. The summed E-state index contributed by atoms with van der Waals surface area (Å²) in [5.41, 5.74) is 8.94. The fourth-order valence-electron chi connectivity index (χ4n) is 2.63. The number of ether oxygens (including phenoxy) is 1. The number of hydrogen-bond donors (Lipinski definition) is 1. The molecule has 0 saturated heterocycles. The second-order valence-corrected chi connectivity index (χ2v) is 5.28. The molecule has 1 heterocycles. The van der Waals surface area contributed by atoms with Crippen molar-refractivity contribution >= 4 is 5.88 Å². The van der Waals surface area contributed by atoms with Crippen LogP contribution in [0.25, 0.3) is 11.1 Å². The van der Waals surface area contributed by atoms with Crippen LogP contribution in [0, 0.1) is 0 Å². The maximum absolute atomic E-state index is 6.00. The molecule has 2 N–H and O–H groups in total. The molecule has 0 aliphatic carbocycles. The molecule has 0 aliphatic heterocycles. The van der Waals surface area contributed by atoms with E-state index in [2.05, 4.69) is 19.0 Å². The molecule has 1 atom stereocenters. The average molecular weight is 288 g/mol. The lowest BCUT2D eigenvalue weighted by Crippen LogP contribution is -2.00. The molecule has 2 rings (SSSR count). The lowest BCUT2D eigenvalue weighted by molar-refractivity contribution is 0.412. The molecule has 1 aromatic heterocycles. The van der Waals surface area contributed by atoms with E-state index < -0.39 is 0 Å². The van der Waals surface area contributed by atoms with Crippen molar-refractivity contribution in [3.05, 3.63) is 30.0 Å². The molecule has 0 radical (unpaired) electrons. The van der Waals surface area contributed by atoms with Crippen molar-refractivity contribution in [2.45, 2.75) is 45.4 Å². The number of unbranched alkanes of at least 4 members (excludes halogenated alkanes) is 1. The zero-order valence-corrected chi connectivity index (χ0v) is 13.1. The highest BCUT2D eigenvalue weighted by Gasteiger charge is 2.22. The molecule has 0 aliphatic rings. The molecular weight excluding hydrogens is 264 g/mol. The van der Waals surface area contributed by atoms with Crippen molar-refractivity contribution in [3.8, 4) is 16.9 Å². The molecule has 21 heavy (non-hydrogen) atoms. The van der Waals surface area contributed by atoms with Gasteiger partial charge in [-0.1, -0.05) is 44.0 Å². The van der Waals surface area contributed by atoms with Gasteiger partial charge in [0.05, 0.1) is 18.4 Å². The van der Waals surface area contributed by atoms with E-state index in [4.69, 9.17) is 15.0 Å². The number of hydrogen-bond acceptors (Lipinski definition) is 4. The number of aromatic nitrogens is 1. The van der Waals surface area contributed by atoms with Crippen molar-refractivity contribution in [1.29, 1.82) is 0 Å². The highest BCUT2D eigenvalue weighted by molar-refractivity contribution is 5.75. The molecular formula is C17H24N2O2. The SMILES string of the molecule is CCCCC(CC)c1noc(N)c1-c1ccc(OC)cc1. The Kier molecular flexibility index (Phi) is 5.26. The molecule has 0 bridgehead atoms. The van der Waals surface area contributed by atoms with Crippen molar-refractivity contribution in [3.63, 3.8) is 0 Å². The Morgan fingerprint density at radius 3 is 2.52 bits per heavy atom. The van der Waals surface area contributed by atoms with Gasteiger partial charge in [0.25, 0.3) is 0 Å². The Labute approximate surface area is 126 Å². The van der Waals surface area contributed by atoms with Gasteiger partial charge in [0.15, 0.2) is 0 Å².